The number of benzene rings is 2. The van der Waals surface area contributed by atoms with Gasteiger partial charge in [-0.25, -0.2) is 9.97 Å². The van der Waals surface area contributed by atoms with Crippen molar-refractivity contribution in [2.75, 3.05) is 24.5 Å². The van der Waals surface area contributed by atoms with Crippen LogP contribution in [0.5, 0.6) is 0 Å². The van der Waals surface area contributed by atoms with E-state index >= 15 is 0 Å². The van der Waals surface area contributed by atoms with Crippen molar-refractivity contribution < 1.29 is 9.53 Å². The summed E-state index contributed by atoms with van der Waals surface area (Å²) in [5, 5.41) is 0.472. The first-order chi connectivity index (χ1) is 16.0. The standard InChI is InChI=1S/C26H27ClN4O2/c1-17-14-31(15-18(2)33-17)25-21-16-30(26(32)20-10-6-7-11-22(20)27)13-12-23(21)28-24(29-25)19-8-4-3-5-9-19/h3-11,17-18H,12-16H2,1-2H3. The number of ether oxygens (including phenoxy) is 1. The SMILES string of the molecule is CC1CN(c2nc(-c3ccccc3)nc3c2CN(C(=O)c2ccccc2Cl)CC3)CC(C)O1. The number of anilines is 1. The van der Waals surface area contributed by atoms with Crippen LogP contribution in [0.2, 0.25) is 5.02 Å². The maximum Gasteiger partial charge on any atom is 0.255 e. The van der Waals surface area contributed by atoms with E-state index in [2.05, 4.69) is 18.7 Å². The molecular weight excluding hydrogens is 436 g/mol. The smallest absolute Gasteiger partial charge is 0.255 e. The van der Waals surface area contributed by atoms with E-state index in [0.29, 0.717) is 30.1 Å². The fraction of sp³-hybridized carbons (Fsp3) is 0.346. The molecule has 7 heteroatoms. The highest BCUT2D eigenvalue weighted by atomic mass is 35.5. The van der Waals surface area contributed by atoms with E-state index in [0.717, 1.165) is 41.6 Å². The lowest BCUT2D eigenvalue weighted by molar-refractivity contribution is -0.00558. The van der Waals surface area contributed by atoms with Crippen LogP contribution in [0.1, 0.15) is 35.5 Å². The van der Waals surface area contributed by atoms with Crippen LogP contribution in [0, 0.1) is 0 Å². The van der Waals surface area contributed by atoms with Gasteiger partial charge in [-0.1, -0.05) is 54.1 Å². The van der Waals surface area contributed by atoms with E-state index in [1.165, 1.54) is 0 Å². The number of carbonyl (C=O) groups excluding carboxylic acids is 1. The minimum Gasteiger partial charge on any atom is -0.372 e. The summed E-state index contributed by atoms with van der Waals surface area (Å²) in [4.78, 5) is 27.4. The van der Waals surface area contributed by atoms with Crippen molar-refractivity contribution in [3.05, 3.63) is 76.4 Å². The van der Waals surface area contributed by atoms with E-state index < -0.39 is 0 Å². The number of hydrogen-bond donors (Lipinski definition) is 0. The van der Waals surface area contributed by atoms with Gasteiger partial charge in [0.2, 0.25) is 0 Å². The second-order valence-electron chi connectivity index (χ2n) is 8.78. The second-order valence-corrected chi connectivity index (χ2v) is 9.19. The first-order valence-electron chi connectivity index (χ1n) is 11.4. The molecule has 1 amide bonds. The zero-order valence-electron chi connectivity index (χ0n) is 18.9. The number of carbonyl (C=O) groups is 1. The molecule has 2 aromatic carbocycles. The van der Waals surface area contributed by atoms with Gasteiger partial charge in [0.05, 0.1) is 35.0 Å². The summed E-state index contributed by atoms with van der Waals surface area (Å²) in [6.45, 7) is 6.73. The Hall–Kier alpha value is -2.96. The zero-order valence-corrected chi connectivity index (χ0v) is 19.6. The van der Waals surface area contributed by atoms with Crippen molar-refractivity contribution in [3.63, 3.8) is 0 Å². The number of aromatic nitrogens is 2. The third kappa shape index (κ3) is 4.45. The van der Waals surface area contributed by atoms with Crippen LogP contribution >= 0.6 is 11.6 Å². The largest absolute Gasteiger partial charge is 0.372 e. The number of halogens is 1. The average Bonchev–Trinajstić information content (AvgIpc) is 2.83. The van der Waals surface area contributed by atoms with Crippen molar-refractivity contribution in [3.8, 4) is 11.4 Å². The quantitative estimate of drug-likeness (QED) is 0.569. The molecule has 0 bridgehead atoms. The molecule has 0 N–H and O–H groups in total. The number of fused-ring (bicyclic) bond motifs is 1. The summed E-state index contributed by atoms with van der Waals surface area (Å²) >= 11 is 6.32. The first-order valence-corrected chi connectivity index (χ1v) is 11.8. The van der Waals surface area contributed by atoms with E-state index in [1.807, 2.05) is 47.4 Å². The normalized spacial score (nSPS) is 20.5. The highest BCUT2D eigenvalue weighted by Crippen LogP contribution is 2.32. The molecule has 3 heterocycles. The van der Waals surface area contributed by atoms with Crippen LogP contribution < -0.4 is 4.90 Å². The summed E-state index contributed by atoms with van der Waals surface area (Å²) in [5.41, 5.74) is 3.54. The maximum atomic E-state index is 13.3. The lowest BCUT2D eigenvalue weighted by Crippen LogP contribution is -2.47. The summed E-state index contributed by atoms with van der Waals surface area (Å²) in [6, 6.07) is 17.3. The average molecular weight is 463 g/mol. The van der Waals surface area contributed by atoms with Crippen molar-refractivity contribution >= 4 is 23.3 Å². The monoisotopic (exact) mass is 462 g/mol. The molecule has 6 nitrogen and oxygen atoms in total. The molecular formula is C26H27ClN4O2. The minimum atomic E-state index is -0.0620. The predicted octanol–water partition coefficient (Wildman–Crippen LogP) is 4.61. The van der Waals surface area contributed by atoms with Gasteiger partial charge in [0, 0.05) is 37.2 Å². The molecule has 0 saturated carbocycles. The molecule has 0 spiro atoms. The summed E-state index contributed by atoms with van der Waals surface area (Å²) in [5.74, 6) is 1.56. The fourth-order valence-corrected chi connectivity index (χ4v) is 4.92. The molecule has 1 saturated heterocycles. The maximum absolute atomic E-state index is 13.3. The second kappa shape index (κ2) is 9.12. The Balaban J connectivity index is 1.55. The van der Waals surface area contributed by atoms with Gasteiger partial charge < -0.3 is 14.5 Å². The highest BCUT2D eigenvalue weighted by molar-refractivity contribution is 6.33. The van der Waals surface area contributed by atoms with Crippen molar-refractivity contribution in [2.24, 2.45) is 0 Å². The van der Waals surface area contributed by atoms with Crippen LogP contribution in [-0.2, 0) is 17.7 Å². The lowest BCUT2D eigenvalue weighted by Gasteiger charge is -2.39. The summed E-state index contributed by atoms with van der Waals surface area (Å²) in [7, 11) is 0. The Bertz CT molecular complexity index is 1160. The Kier molecular flexibility index (Phi) is 6.04. The lowest BCUT2D eigenvalue weighted by atomic mass is 10.0. The molecule has 3 aromatic rings. The molecule has 1 fully saturated rings. The topological polar surface area (TPSA) is 58.6 Å². The van der Waals surface area contributed by atoms with Crippen LogP contribution in [0.4, 0.5) is 5.82 Å². The van der Waals surface area contributed by atoms with Gasteiger partial charge in [-0.05, 0) is 26.0 Å². The summed E-state index contributed by atoms with van der Waals surface area (Å²) < 4.78 is 5.96. The van der Waals surface area contributed by atoms with Crippen LogP contribution in [0.25, 0.3) is 11.4 Å². The molecule has 0 aliphatic carbocycles. The van der Waals surface area contributed by atoms with E-state index in [-0.39, 0.29) is 18.1 Å². The molecule has 2 aliphatic heterocycles. The van der Waals surface area contributed by atoms with E-state index in [4.69, 9.17) is 26.3 Å². The van der Waals surface area contributed by atoms with Crippen molar-refractivity contribution in [1.29, 1.82) is 0 Å². The molecule has 33 heavy (non-hydrogen) atoms. The number of morpholine rings is 1. The van der Waals surface area contributed by atoms with Gasteiger partial charge in [0.25, 0.3) is 5.91 Å². The fourth-order valence-electron chi connectivity index (χ4n) is 4.70. The Morgan fingerprint density at radius 1 is 1.00 bits per heavy atom. The Morgan fingerprint density at radius 3 is 2.42 bits per heavy atom. The third-order valence-corrected chi connectivity index (χ3v) is 6.51. The van der Waals surface area contributed by atoms with Gasteiger partial charge in [0.1, 0.15) is 5.82 Å². The predicted molar refractivity (Wildman–Crippen MR) is 130 cm³/mol. The first kappa shape index (κ1) is 21.9. The zero-order chi connectivity index (χ0) is 22.9. The number of rotatable bonds is 3. The van der Waals surface area contributed by atoms with Gasteiger partial charge in [-0.3, -0.25) is 4.79 Å². The molecule has 2 atom stereocenters. The molecule has 5 rings (SSSR count). The Labute approximate surface area is 199 Å². The molecule has 2 unspecified atom stereocenters. The van der Waals surface area contributed by atoms with Gasteiger partial charge in [-0.2, -0.15) is 0 Å². The molecule has 1 aromatic heterocycles. The van der Waals surface area contributed by atoms with Crippen molar-refractivity contribution in [2.45, 2.75) is 39.0 Å². The van der Waals surface area contributed by atoms with Crippen LogP contribution in [-0.4, -0.2) is 52.6 Å². The van der Waals surface area contributed by atoms with E-state index in [9.17, 15) is 4.79 Å². The van der Waals surface area contributed by atoms with Crippen LogP contribution in [0.15, 0.2) is 54.6 Å². The molecule has 170 valence electrons. The molecule has 2 aliphatic rings. The Morgan fingerprint density at radius 2 is 1.70 bits per heavy atom. The van der Waals surface area contributed by atoms with Gasteiger partial charge in [0.15, 0.2) is 5.82 Å². The number of nitrogens with zero attached hydrogens (tertiary/aromatic N) is 4. The summed E-state index contributed by atoms with van der Waals surface area (Å²) in [6.07, 6.45) is 0.879. The van der Waals surface area contributed by atoms with Gasteiger partial charge >= 0.3 is 0 Å². The van der Waals surface area contributed by atoms with Crippen molar-refractivity contribution in [1.82, 2.24) is 14.9 Å². The number of hydrogen-bond acceptors (Lipinski definition) is 5. The van der Waals surface area contributed by atoms with E-state index in [1.54, 1.807) is 12.1 Å². The molecule has 0 radical (unpaired) electrons. The van der Waals surface area contributed by atoms with Crippen LogP contribution in [0.3, 0.4) is 0 Å². The van der Waals surface area contributed by atoms with Gasteiger partial charge in [-0.15, -0.1) is 0 Å². The minimum absolute atomic E-state index is 0.0620. The number of amides is 1. The third-order valence-electron chi connectivity index (χ3n) is 6.18. The highest BCUT2D eigenvalue weighted by Gasteiger charge is 2.31.